The number of carbonyl (C=O) groups excluding carboxylic acids is 1. The van der Waals surface area contributed by atoms with E-state index in [0.29, 0.717) is 5.56 Å². The molecule has 0 bridgehead atoms. The number of carboxylic acids is 1. The van der Waals surface area contributed by atoms with Crippen molar-refractivity contribution < 1.29 is 19.6 Å². The summed E-state index contributed by atoms with van der Waals surface area (Å²) >= 11 is 6.00. The Bertz CT molecular complexity index is 645. The summed E-state index contributed by atoms with van der Waals surface area (Å²) in [6.07, 6.45) is 1.73. The van der Waals surface area contributed by atoms with Gasteiger partial charge in [0.1, 0.15) is 0 Å². The monoisotopic (exact) mass is 340 g/mol. The van der Waals surface area contributed by atoms with Crippen molar-refractivity contribution in [3.8, 4) is 0 Å². The van der Waals surface area contributed by atoms with E-state index in [4.69, 9.17) is 16.7 Å². The first-order valence-corrected chi connectivity index (χ1v) is 7.62. The first-order valence-electron chi connectivity index (χ1n) is 7.24. The normalized spacial score (nSPS) is 15.0. The summed E-state index contributed by atoms with van der Waals surface area (Å²) in [5.74, 6) is -1.81. The summed E-state index contributed by atoms with van der Waals surface area (Å²) in [6.45, 7) is 1.72. The summed E-state index contributed by atoms with van der Waals surface area (Å²) in [6, 6.07) is 4.06. The standard InChI is InChI=1S/C15H17ClN2O5/c1-9(15(20)21)8-17(11-4-5-11)14(19)6-10-2-3-12(18(22)23)7-13(10)16/h2-3,7,9,11H,4-6,8H2,1H3,(H,20,21). The van der Waals surface area contributed by atoms with Gasteiger partial charge in [-0.25, -0.2) is 0 Å². The lowest BCUT2D eigenvalue weighted by atomic mass is 10.1. The fourth-order valence-corrected chi connectivity index (χ4v) is 2.51. The van der Waals surface area contributed by atoms with Gasteiger partial charge < -0.3 is 10.0 Å². The molecule has 124 valence electrons. The lowest BCUT2D eigenvalue weighted by Crippen LogP contribution is -2.39. The highest BCUT2D eigenvalue weighted by molar-refractivity contribution is 6.31. The molecule has 1 unspecified atom stereocenters. The van der Waals surface area contributed by atoms with Crippen molar-refractivity contribution >= 4 is 29.2 Å². The minimum absolute atomic E-state index is 0.000331. The Kier molecular flexibility index (Phi) is 5.20. The molecule has 1 saturated carbocycles. The molecule has 1 N–H and O–H groups in total. The third kappa shape index (κ3) is 4.41. The largest absolute Gasteiger partial charge is 0.481 e. The van der Waals surface area contributed by atoms with Crippen LogP contribution in [-0.4, -0.2) is 39.4 Å². The Balaban J connectivity index is 2.09. The third-order valence-corrected chi connectivity index (χ3v) is 4.14. The number of non-ortho nitro benzene ring substituents is 1. The molecule has 1 aliphatic rings. The smallest absolute Gasteiger partial charge is 0.308 e. The van der Waals surface area contributed by atoms with Crippen LogP contribution in [0.4, 0.5) is 5.69 Å². The zero-order chi connectivity index (χ0) is 17.1. The average Bonchev–Trinajstić information content (AvgIpc) is 3.30. The van der Waals surface area contributed by atoms with Crippen LogP contribution < -0.4 is 0 Å². The molecule has 0 radical (unpaired) electrons. The molecule has 1 aliphatic carbocycles. The molecular weight excluding hydrogens is 324 g/mol. The Morgan fingerprint density at radius 3 is 2.61 bits per heavy atom. The molecule has 1 fully saturated rings. The molecule has 23 heavy (non-hydrogen) atoms. The van der Waals surface area contributed by atoms with E-state index in [9.17, 15) is 19.7 Å². The summed E-state index contributed by atoms with van der Waals surface area (Å²) in [5.41, 5.74) is 0.362. The van der Waals surface area contributed by atoms with Crippen LogP contribution >= 0.6 is 11.6 Å². The number of nitro groups is 1. The number of benzene rings is 1. The number of halogens is 1. The molecule has 0 heterocycles. The molecule has 1 aromatic rings. The highest BCUT2D eigenvalue weighted by Crippen LogP contribution is 2.29. The van der Waals surface area contributed by atoms with Crippen LogP contribution in [0.1, 0.15) is 25.3 Å². The van der Waals surface area contributed by atoms with Gasteiger partial charge in [-0.05, 0) is 18.4 Å². The van der Waals surface area contributed by atoms with Crippen LogP contribution in [0.5, 0.6) is 0 Å². The van der Waals surface area contributed by atoms with Gasteiger partial charge in [0, 0.05) is 24.7 Å². The first kappa shape index (κ1) is 17.2. The quantitative estimate of drug-likeness (QED) is 0.607. The van der Waals surface area contributed by atoms with E-state index in [0.717, 1.165) is 12.8 Å². The molecule has 7 nitrogen and oxygen atoms in total. The average molecular weight is 341 g/mol. The zero-order valence-electron chi connectivity index (χ0n) is 12.6. The fraction of sp³-hybridized carbons (Fsp3) is 0.467. The molecular formula is C15H17ClN2O5. The number of aliphatic carboxylic acids is 1. The Labute approximate surface area is 138 Å². The van der Waals surface area contributed by atoms with E-state index in [1.54, 1.807) is 11.8 Å². The van der Waals surface area contributed by atoms with Gasteiger partial charge in [-0.2, -0.15) is 0 Å². The summed E-state index contributed by atoms with van der Waals surface area (Å²) in [5, 5.41) is 19.9. The SMILES string of the molecule is CC(CN(C(=O)Cc1ccc([N+](=O)[O-])cc1Cl)C1CC1)C(=O)O. The number of hydrogen-bond donors (Lipinski definition) is 1. The van der Waals surface area contributed by atoms with Gasteiger partial charge in [-0.15, -0.1) is 0 Å². The van der Waals surface area contributed by atoms with Crippen LogP contribution in [0, 0.1) is 16.0 Å². The van der Waals surface area contributed by atoms with E-state index in [1.807, 2.05) is 0 Å². The van der Waals surface area contributed by atoms with E-state index >= 15 is 0 Å². The Morgan fingerprint density at radius 1 is 1.48 bits per heavy atom. The number of hydrogen-bond acceptors (Lipinski definition) is 4. The number of carbonyl (C=O) groups is 2. The van der Waals surface area contributed by atoms with Gasteiger partial charge in [-0.3, -0.25) is 19.7 Å². The van der Waals surface area contributed by atoms with Crippen molar-refractivity contribution in [1.82, 2.24) is 4.90 Å². The molecule has 1 aromatic carbocycles. The highest BCUT2D eigenvalue weighted by atomic mass is 35.5. The van der Waals surface area contributed by atoms with Crippen LogP contribution in [0.2, 0.25) is 5.02 Å². The molecule has 2 rings (SSSR count). The predicted octanol–water partition coefficient (Wildman–Crippen LogP) is 2.50. The fourth-order valence-electron chi connectivity index (χ4n) is 2.27. The molecule has 0 spiro atoms. The van der Waals surface area contributed by atoms with Crippen molar-refractivity contribution in [1.29, 1.82) is 0 Å². The van der Waals surface area contributed by atoms with E-state index < -0.39 is 16.8 Å². The minimum atomic E-state index is -0.947. The number of nitro benzene ring substituents is 1. The number of rotatable bonds is 7. The topological polar surface area (TPSA) is 101 Å². The molecule has 0 aromatic heterocycles. The number of amides is 1. The zero-order valence-corrected chi connectivity index (χ0v) is 13.3. The first-order chi connectivity index (χ1) is 10.8. The Hall–Kier alpha value is -2.15. The third-order valence-electron chi connectivity index (χ3n) is 3.79. The van der Waals surface area contributed by atoms with Crippen LogP contribution in [0.3, 0.4) is 0 Å². The number of carboxylic acid groups (broad SMARTS) is 1. The summed E-state index contributed by atoms with van der Waals surface area (Å²) in [7, 11) is 0. The molecule has 0 saturated heterocycles. The van der Waals surface area contributed by atoms with Crippen molar-refractivity contribution in [3.05, 3.63) is 38.9 Å². The lowest BCUT2D eigenvalue weighted by Gasteiger charge is -2.24. The summed E-state index contributed by atoms with van der Waals surface area (Å²) in [4.78, 5) is 35.2. The van der Waals surface area contributed by atoms with E-state index in [-0.39, 0.29) is 35.6 Å². The van der Waals surface area contributed by atoms with Gasteiger partial charge in [0.25, 0.3) is 5.69 Å². The van der Waals surface area contributed by atoms with E-state index in [1.165, 1.54) is 18.2 Å². The van der Waals surface area contributed by atoms with Crippen LogP contribution in [-0.2, 0) is 16.0 Å². The van der Waals surface area contributed by atoms with E-state index in [2.05, 4.69) is 0 Å². The second-order valence-corrected chi connectivity index (χ2v) is 6.13. The maximum absolute atomic E-state index is 12.5. The highest BCUT2D eigenvalue weighted by Gasteiger charge is 2.34. The van der Waals surface area contributed by atoms with Gasteiger partial charge in [0.05, 0.1) is 22.3 Å². The molecule has 1 amide bonds. The van der Waals surface area contributed by atoms with Crippen LogP contribution in [0.15, 0.2) is 18.2 Å². The molecule has 1 atom stereocenters. The molecule has 8 heteroatoms. The van der Waals surface area contributed by atoms with Crippen molar-refractivity contribution in [2.75, 3.05) is 6.54 Å². The van der Waals surface area contributed by atoms with Crippen molar-refractivity contribution in [3.63, 3.8) is 0 Å². The van der Waals surface area contributed by atoms with Gasteiger partial charge in [0.15, 0.2) is 0 Å². The second kappa shape index (κ2) is 6.95. The van der Waals surface area contributed by atoms with Crippen molar-refractivity contribution in [2.24, 2.45) is 5.92 Å². The lowest BCUT2D eigenvalue weighted by molar-refractivity contribution is -0.384. The molecule has 0 aliphatic heterocycles. The van der Waals surface area contributed by atoms with Gasteiger partial charge in [-0.1, -0.05) is 24.6 Å². The minimum Gasteiger partial charge on any atom is -0.481 e. The van der Waals surface area contributed by atoms with Crippen LogP contribution in [0.25, 0.3) is 0 Å². The van der Waals surface area contributed by atoms with Gasteiger partial charge in [0.2, 0.25) is 5.91 Å². The Morgan fingerprint density at radius 2 is 2.13 bits per heavy atom. The number of nitrogens with zero attached hydrogens (tertiary/aromatic N) is 2. The summed E-state index contributed by atoms with van der Waals surface area (Å²) < 4.78 is 0. The predicted molar refractivity (Wildman–Crippen MR) is 83.3 cm³/mol. The maximum Gasteiger partial charge on any atom is 0.308 e. The maximum atomic E-state index is 12.5. The van der Waals surface area contributed by atoms with Crippen molar-refractivity contribution in [2.45, 2.75) is 32.2 Å². The second-order valence-electron chi connectivity index (χ2n) is 5.73. The van der Waals surface area contributed by atoms with Gasteiger partial charge >= 0.3 is 5.97 Å².